The predicted molar refractivity (Wildman–Crippen MR) is 88.9 cm³/mol. The minimum Gasteiger partial charge on any atom is -0.495 e. The summed E-state index contributed by atoms with van der Waals surface area (Å²) in [7, 11) is 2.84. The molecular weight excluding hydrogens is 340 g/mol. The summed E-state index contributed by atoms with van der Waals surface area (Å²) in [6, 6.07) is 3.42. The maximum Gasteiger partial charge on any atom is 0.325 e. The molecule has 0 N–H and O–H groups in total. The van der Waals surface area contributed by atoms with Crippen LogP contribution in [-0.4, -0.2) is 30.7 Å². The number of fused-ring (bicyclic) bond motifs is 1. The van der Waals surface area contributed by atoms with E-state index in [2.05, 4.69) is 4.99 Å². The minimum atomic E-state index is -0.448. The van der Waals surface area contributed by atoms with Crippen molar-refractivity contribution in [2.45, 2.75) is 26.3 Å². The van der Waals surface area contributed by atoms with E-state index in [9.17, 15) is 9.59 Å². The molecule has 1 aromatic heterocycles. The molecule has 1 amide bonds. The minimum absolute atomic E-state index is 0.0779. The van der Waals surface area contributed by atoms with E-state index in [1.54, 1.807) is 16.7 Å². The number of aromatic nitrogens is 1. The van der Waals surface area contributed by atoms with Gasteiger partial charge >= 0.3 is 5.97 Å². The number of halogens is 1. The molecule has 1 heterocycles. The van der Waals surface area contributed by atoms with Crippen LogP contribution in [0.3, 0.4) is 0 Å². The number of hydrogen-bond acceptors (Lipinski definition) is 5. The van der Waals surface area contributed by atoms with Gasteiger partial charge in [-0.25, -0.2) is 0 Å². The third-order valence-electron chi connectivity index (χ3n) is 3.16. The van der Waals surface area contributed by atoms with Crippen molar-refractivity contribution in [3.05, 3.63) is 22.0 Å². The number of amides is 1. The van der Waals surface area contributed by atoms with E-state index in [1.807, 2.05) is 6.92 Å². The maximum absolute atomic E-state index is 11.9. The summed E-state index contributed by atoms with van der Waals surface area (Å²) in [5.74, 6) is -0.141. The normalized spacial score (nSPS) is 11.7. The highest BCUT2D eigenvalue weighted by Crippen LogP contribution is 2.33. The van der Waals surface area contributed by atoms with Crippen LogP contribution in [-0.2, 0) is 20.9 Å². The first-order valence-electron chi connectivity index (χ1n) is 7.02. The zero-order valence-electron chi connectivity index (χ0n) is 13.1. The van der Waals surface area contributed by atoms with E-state index in [-0.39, 0.29) is 12.5 Å². The zero-order chi connectivity index (χ0) is 17.0. The Morgan fingerprint density at radius 1 is 1.35 bits per heavy atom. The number of carbonyl (C=O) groups is 2. The first-order valence-corrected chi connectivity index (χ1v) is 8.21. The van der Waals surface area contributed by atoms with Crippen molar-refractivity contribution in [3.63, 3.8) is 0 Å². The highest BCUT2D eigenvalue weighted by Gasteiger charge is 2.17. The van der Waals surface area contributed by atoms with Crippen molar-refractivity contribution in [2.75, 3.05) is 14.2 Å². The zero-order valence-corrected chi connectivity index (χ0v) is 14.7. The van der Waals surface area contributed by atoms with Crippen LogP contribution in [0.5, 0.6) is 5.75 Å². The molecule has 6 nitrogen and oxygen atoms in total. The van der Waals surface area contributed by atoms with Gasteiger partial charge in [-0.15, -0.1) is 0 Å². The van der Waals surface area contributed by atoms with Gasteiger partial charge in [-0.05, 0) is 18.6 Å². The molecule has 0 atom stereocenters. The van der Waals surface area contributed by atoms with Gasteiger partial charge in [-0.3, -0.25) is 9.59 Å². The molecule has 2 rings (SSSR count). The monoisotopic (exact) mass is 356 g/mol. The molecule has 124 valence electrons. The summed E-state index contributed by atoms with van der Waals surface area (Å²) in [6.07, 6.45) is 1.05. The van der Waals surface area contributed by atoms with Gasteiger partial charge in [0.1, 0.15) is 17.8 Å². The van der Waals surface area contributed by atoms with Crippen LogP contribution in [0.1, 0.15) is 19.8 Å². The summed E-state index contributed by atoms with van der Waals surface area (Å²) in [5.41, 5.74) is 0.624. The molecule has 0 saturated carbocycles. The fourth-order valence-corrected chi connectivity index (χ4v) is 3.43. The summed E-state index contributed by atoms with van der Waals surface area (Å²) in [6.45, 7) is 1.83. The summed E-state index contributed by atoms with van der Waals surface area (Å²) in [4.78, 5) is 28.1. The number of ether oxygens (including phenoxy) is 2. The van der Waals surface area contributed by atoms with Crippen LogP contribution in [0.2, 0.25) is 5.02 Å². The van der Waals surface area contributed by atoms with E-state index in [4.69, 9.17) is 21.1 Å². The Bertz CT molecular complexity index is 810. The summed E-state index contributed by atoms with van der Waals surface area (Å²) < 4.78 is 12.4. The Hall–Kier alpha value is -1.86. The van der Waals surface area contributed by atoms with E-state index < -0.39 is 5.97 Å². The fourth-order valence-electron chi connectivity index (χ4n) is 2.09. The van der Waals surface area contributed by atoms with Crippen molar-refractivity contribution in [1.82, 2.24) is 4.57 Å². The smallest absolute Gasteiger partial charge is 0.325 e. The molecule has 0 unspecified atom stereocenters. The van der Waals surface area contributed by atoms with Crippen LogP contribution < -0.4 is 9.54 Å². The number of thiazole rings is 1. The molecule has 0 aliphatic heterocycles. The van der Waals surface area contributed by atoms with E-state index in [0.29, 0.717) is 38.6 Å². The summed E-state index contributed by atoms with van der Waals surface area (Å²) >= 11 is 7.48. The number of carbonyl (C=O) groups excluding carboxylic acids is 2. The van der Waals surface area contributed by atoms with Crippen LogP contribution in [0.25, 0.3) is 10.2 Å². The molecule has 0 radical (unpaired) electrons. The Balaban J connectivity index is 2.75. The van der Waals surface area contributed by atoms with Gasteiger partial charge in [-0.2, -0.15) is 4.99 Å². The van der Waals surface area contributed by atoms with Crippen LogP contribution in [0.4, 0.5) is 0 Å². The lowest BCUT2D eigenvalue weighted by Gasteiger charge is -2.08. The van der Waals surface area contributed by atoms with Gasteiger partial charge in [0.2, 0.25) is 5.91 Å². The first kappa shape index (κ1) is 17.5. The Morgan fingerprint density at radius 2 is 2.09 bits per heavy atom. The number of hydrogen-bond donors (Lipinski definition) is 0. The Labute approximate surface area is 142 Å². The molecule has 1 aromatic carbocycles. The molecule has 8 heteroatoms. The predicted octanol–water partition coefficient (Wildman–Crippen LogP) is 2.77. The van der Waals surface area contributed by atoms with E-state index in [1.165, 1.54) is 25.6 Å². The molecule has 0 bridgehead atoms. The van der Waals surface area contributed by atoms with Gasteiger partial charge in [0.25, 0.3) is 0 Å². The number of rotatable bonds is 5. The number of benzene rings is 1. The lowest BCUT2D eigenvalue weighted by molar-refractivity contribution is -0.141. The first-order chi connectivity index (χ1) is 11.0. The van der Waals surface area contributed by atoms with E-state index in [0.717, 1.165) is 0 Å². The third-order valence-corrected chi connectivity index (χ3v) is 4.70. The van der Waals surface area contributed by atoms with Gasteiger partial charge in [-0.1, -0.05) is 29.9 Å². The van der Waals surface area contributed by atoms with Gasteiger partial charge in [0.05, 0.1) is 23.9 Å². The number of nitrogens with zero attached hydrogens (tertiary/aromatic N) is 2. The average Bonchev–Trinajstić information content (AvgIpc) is 2.87. The molecule has 0 saturated heterocycles. The largest absolute Gasteiger partial charge is 0.495 e. The highest BCUT2D eigenvalue weighted by molar-refractivity contribution is 7.17. The van der Waals surface area contributed by atoms with Crippen molar-refractivity contribution < 1.29 is 19.1 Å². The Morgan fingerprint density at radius 3 is 2.70 bits per heavy atom. The van der Waals surface area contributed by atoms with Crippen molar-refractivity contribution in [2.24, 2.45) is 4.99 Å². The standard InChI is InChI=1S/C15H17ClN2O4S/c1-4-5-11(19)17-15-18(8-12(20)22-3)13-10(21-2)7-6-9(16)14(13)23-15/h6-7H,4-5,8H2,1-3H3. The molecule has 23 heavy (non-hydrogen) atoms. The molecule has 2 aromatic rings. The van der Waals surface area contributed by atoms with Crippen LogP contribution >= 0.6 is 22.9 Å². The van der Waals surface area contributed by atoms with Gasteiger partial charge in [0.15, 0.2) is 4.80 Å². The van der Waals surface area contributed by atoms with Crippen LogP contribution in [0.15, 0.2) is 17.1 Å². The van der Waals surface area contributed by atoms with Gasteiger partial charge in [0, 0.05) is 6.42 Å². The van der Waals surface area contributed by atoms with Crippen molar-refractivity contribution in [3.8, 4) is 5.75 Å². The lowest BCUT2D eigenvalue weighted by Crippen LogP contribution is -2.22. The number of methoxy groups -OCH3 is 2. The maximum atomic E-state index is 11.9. The fraction of sp³-hybridized carbons (Fsp3) is 0.400. The molecule has 0 fully saturated rings. The van der Waals surface area contributed by atoms with Crippen LogP contribution in [0, 0.1) is 0 Å². The average molecular weight is 357 g/mol. The SMILES string of the molecule is CCCC(=O)N=c1sc2c(Cl)ccc(OC)c2n1CC(=O)OC. The topological polar surface area (TPSA) is 69.9 Å². The number of esters is 1. The molecule has 0 aliphatic rings. The second-order valence-corrected chi connectivity index (χ2v) is 6.11. The quantitative estimate of drug-likeness (QED) is 0.772. The van der Waals surface area contributed by atoms with E-state index >= 15 is 0 Å². The van der Waals surface area contributed by atoms with Crippen molar-refractivity contribution >= 4 is 45.0 Å². The molecule has 0 aliphatic carbocycles. The molecular formula is C15H17ClN2O4S. The molecule has 0 spiro atoms. The third kappa shape index (κ3) is 3.73. The van der Waals surface area contributed by atoms with Gasteiger partial charge < -0.3 is 14.0 Å². The second kappa shape index (κ2) is 7.61. The lowest BCUT2D eigenvalue weighted by atomic mass is 10.3. The Kier molecular flexibility index (Phi) is 5.79. The van der Waals surface area contributed by atoms with Crippen molar-refractivity contribution in [1.29, 1.82) is 0 Å². The highest BCUT2D eigenvalue weighted by atomic mass is 35.5. The summed E-state index contributed by atoms with van der Waals surface area (Å²) in [5, 5.41) is 0.508. The second-order valence-electron chi connectivity index (χ2n) is 4.73.